The van der Waals surface area contributed by atoms with Gasteiger partial charge in [0.2, 0.25) is 5.91 Å². The SMILES string of the molecule is CCOC(=O)c1c(NC(=O)C2CCCN2S(=O)(=O)c2cccs2)sc2c1CCN(C(=O)OCC)C2. The molecule has 2 aliphatic rings. The maximum absolute atomic E-state index is 13.3. The van der Waals surface area contributed by atoms with Crippen LogP contribution < -0.4 is 5.32 Å². The van der Waals surface area contributed by atoms with Crippen LogP contribution in [-0.2, 0) is 37.3 Å². The Morgan fingerprint density at radius 3 is 2.63 bits per heavy atom. The van der Waals surface area contributed by atoms with Crippen LogP contribution >= 0.6 is 22.7 Å². The van der Waals surface area contributed by atoms with E-state index in [0.717, 1.165) is 21.8 Å². The van der Waals surface area contributed by atoms with Crippen LogP contribution in [0.1, 0.15) is 47.5 Å². The number of nitrogens with zero attached hydrogens (tertiary/aromatic N) is 2. The number of fused-ring (bicyclic) bond motifs is 1. The molecule has 1 fully saturated rings. The van der Waals surface area contributed by atoms with E-state index < -0.39 is 34.0 Å². The van der Waals surface area contributed by atoms with Gasteiger partial charge in [0, 0.05) is 18.0 Å². The monoisotopic (exact) mass is 541 g/mol. The van der Waals surface area contributed by atoms with Gasteiger partial charge in [0.05, 0.1) is 25.3 Å². The van der Waals surface area contributed by atoms with Gasteiger partial charge in [-0.15, -0.1) is 22.7 Å². The summed E-state index contributed by atoms with van der Waals surface area (Å²) in [5.74, 6) is -1.05. The Labute approximate surface area is 211 Å². The molecule has 2 aliphatic heterocycles. The van der Waals surface area contributed by atoms with E-state index in [1.54, 1.807) is 30.2 Å². The van der Waals surface area contributed by atoms with Crippen molar-refractivity contribution in [3.05, 3.63) is 33.5 Å². The first kappa shape index (κ1) is 25.6. The van der Waals surface area contributed by atoms with Crippen LogP contribution in [0.25, 0.3) is 0 Å². The van der Waals surface area contributed by atoms with Crippen molar-refractivity contribution in [1.82, 2.24) is 9.21 Å². The van der Waals surface area contributed by atoms with Crippen molar-refractivity contribution in [2.24, 2.45) is 0 Å². The fourth-order valence-corrected chi connectivity index (χ4v) is 8.32. The van der Waals surface area contributed by atoms with Crippen LogP contribution in [0, 0.1) is 0 Å². The van der Waals surface area contributed by atoms with Crippen molar-refractivity contribution in [2.75, 3.05) is 31.6 Å². The molecule has 2 aromatic heterocycles. The van der Waals surface area contributed by atoms with Gasteiger partial charge in [-0.25, -0.2) is 18.0 Å². The number of amides is 2. The molecule has 0 radical (unpaired) electrons. The van der Waals surface area contributed by atoms with Gasteiger partial charge in [-0.3, -0.25) is 4.79 Å². The molecule has 0 spiro atoms. The molecule has 4 heterocycles. The second kappa shape index (κ2) is 10.6. The molecule has 0 aliphatic carbocycles. The standard InChI is InChI=1S/C22H27N3O7S3/c1-3-31-21(27)18-14-9-11-24(22(28)32-4-2)13-16(14)34-20(18)23-19(26)15-7-5-10-25(15)35(29,30)17-8-6-12-33-17/h6,8,12,15H,3-5,7,9-11,13H2,1-2H3,(H,23,26). The fourth-order valence-electron chi connectivity index (χ4n) is 4.29. The van der Waals surface area contributed by atoms with Gasteiger partial charge in [-0.05, 0) is 50.1 Å². The summed E-state index contributed by atoms with van der Waals surface area (Å²) in [6, 6.07) is 2.30. The van der Waals surface area contributed by atoms with Crippen LogP contribution in [0.5, 0.6) is 0 Å². The highest BCUT2D eigenvalue weighted by molar-refractivity contribution is 7.91. The van der Waals surface area contributed by atoms with Gasteiger partial charge in [0.15, 0.2) is 0 Å². The Bertz CT molecular complexity index is 1210. The third-order valence-electron chi connectivity index (χ3n) is 5.86. The summed E-state index contributed by atoms with van der Waals surface area (Å²) in [5, 5.41) is 4.80. The molecule has 10 nitrogen and oxygen atoms in total. The highest BCUT2D eigenvalue weighted by atomic mass is 32.2. The van der Waals surface area contributed by atoms with Gasteiger partial charge in [0.25, 0.3) is 10.0 Å². The molecule has 190 valence electrons. The van der Waals surface area contributed by atoms with Crippen molar-refractivity contribution < 1.29 is 32.3 Å². The number of anilines is 1. The average molecular weight is 542 g/mol. The molecule has 0 bridgehead atoms. The lowest BCUT2D eigenvalue weighted by Gasteiger charge is -2.26. The maximum Gasteiger partial charge on any atom is 0.410 e. The van der Waals surface area contributed by atoms with Crippen molar-refractivity contribution >= 4 is 55.7 Å². The molecule has 13 heteroatoms. The van der Waals surface area contributed by atoms with Crippen LogP contribution in [0.15, 0.2) is 21.7 Å². The number of ether oxygens (including phenoxy) is 2. The third kappa shape index (κ3) is 5.08. The van der Waals surface area contributed by atoms with E-state index >= 15 is 0 Å². The quantitative estimate of drug-likeness (QED) is 0.534. The average Bonchev–Trinajstić information content (AvgIpc) is 3.58. The summed E-state index contributed by atoms with van der Waals surface area (Å²) in [4.78, 5) is 40.6. The smallest absolute Gasteiger partial charge is 0.410 e. The van der Waals surface area contributed by atoms with Gasteiger partial charge in [-0.1, -0.05) is 6.07 Å². The maximum atomic E-state index is 13.3. The molecule has 1 unspecified atom stereocenters. The van der Waals surface area contributed by atoms with Crippen LogP contribution in [0.4, 0.5) is 9.80 Å². The Hall–Kier alpha value is -2.48. The zero-order valence-electron chi connectivity index (χ0n) is 19.4. The van der Waals surface area contributed by atoms with Gasteiger partial charge < -0.3 is 19.7 Å². The van der Waals surface area contributed by atoms with Crippen LogP contribution in [0.3, 0.4) is 0 Å². The number of hydrogen-bond acceptors (Lipinski definition) is 9. The predicted octanol–water partition coefficient (Wildman–Crippen LogP) is 3.29. The van der Waals surface area contributed by atoms with E-state index in [9.17, 15) is 22.8 Å². The number of carbonyl (C=O) groups excluding carboxylic acids is 3. The number of hydrogen-bond donors (Lipinski definition) is 1. The largest absolute Gasteiger partial charge is 0.462 e. The first-order chi connectivity index (χ1) is 16.8. The molecule has 2 aromatic rings. The molecule has 0 saturated carbocycles. The van der Waals surface area contributed by atoms with Gasteiger partial charge in [0.1, 0.15) is 15.3 Å². The van der Waals surface area contributed by atoms with Crippen molar-refractivity contribution in [3.8, 4) is 0 Å². The summed E-state index contributed by atoms with van der Waals surface area (Å²) < 4.78 is 37.9. The molecule has 35 heavy (non-hydrogen) atoms. The summed E-state index contributed by atoms with van der Waals surface area (Å²) >= 11 is 2.31. The number of esters is 1. The topological polar surface area (TPSA) is 122 Å². The van der Waals surface area contributed by atoms with E-state index in [2.05, 4.69) is 5.32 Å². The predicted molar refractivity (Wildman–Crippen MR) is 131 cm³/mol. The van der Waals surface area contributed by atoms with Gasteiger partial charge >= 0.3 is 12.1 Å². The molecule has 4 rings (SSSR count). The first-order valence-corrected chi connectivity index (χ1v) is 14.5. The van der Waals surface area contributed by atoms with Crippen LogP contribution in [0.2, 0.25) is 0 Å². The van der Waals surface area contributed by atoms with Gasteiger partial charge in [-0.2, -0.15) is 4.31 Å². The number of sulfonamides is 1. The molecular formula is C22H27N3O7S3. The molecule has 1 saturated heterocycles. The number of nitrogens with one attached hydrogen (secondary N) is 1. The zero-order chi connectivity index (χ0) is 25.2. The van der Waals surface area contributed by atoms with E-state index in [4.69, 9.17) is 9.47 Å². The summed E-state index contributed by atoms with van der Waals surface area (Å²) in [5.41, 5.74) is 1.01. The summed E-state index contributed by atoms with van der Waals surface area (Å²) in [6.45, 7) is 4.73. The molecular weight excluding hydrogens is 514 g/mol. The van der Waals surface area contributed by atoms with E-state index in [0.29, 0.717) is 30.8 Å². The lowest BCUT2D eigenvalue weighted by atomic mass is 10.0. The minimum atomic E-state index is -3.80. The normalized spacial score (nSPS) is 18.2. The van der Waals surface area contributed by atoms with Crippen molar-refractivity contribution in [2.45, 2.75) is 49.9 Å². The van der Waals surface area contributed by atoms with Crippen LogP contribution in [-0.4, -0.2) is 67.9 Å². The Morgan fingerprint density at radius 2 is 1.94 bits per heavy atom. The number of rotatable bonds is 7. The minimum absolute atomic E-state index is 0.168. The number of thiophene rings is 2. The Balaban J connectivity index is 1.60. The second-order valence-corrected chi connectivity index (χ2v) is 12.2. The Morgan fingerprint density at radius 1 is 1.17 bits per heavy atom. The highest BCUT2D eigenvalue weighted by Gasteiger charge is 2.41. The molecule has 1 N–H and O–H groups in total. The second-order valence-electron chi connectivity index (χ2n) is 7.99. The lowest BCUT2D eigenvalue weighted by Crippen LogP contribution is -2.42. The molecule has 0 aromatic carbocycles. The van der Waals surface area contributed by atoms with E-state index in [1.165, 1.54) is 21.7 Å². The zero-order valence-corrected chi connectivity index (χ0v) is 21.9. The van der Waals surface area contributed by atoms with E-state index in [1.807, 2.05) is 0 Å². The lowest BCUT2D eigenvalue weighted by molar-refractivity contribution is -0.119. The highest BCUT2D eigenvalue weighted by Crippen LogP contribution is 2.38. The Kier molecular flexibility index (Phi) is 7.79. The summed E-state index contributed by atoms with van der Waals surface area (Å²) in [6.07, 6.45) is 0.919. The first-order valence-electron chi connectivity index (χ1n) is 11.4. The van der Waals surface area contributed by atoms with Crippen molar-refractivity contribution in [1.29, 1.82) is 0 Å². The third-order valence-corrected chi connectivity index (χ3v) is 10.3. The fraction of sp³-hybridized carbons (Fsp3) is 0.500. The minimum Gasteiger partial charge on any atom is -0.462 e. The molecule has 1 atom stereocenters. The summed E-state index contributed by atoms with van der Waals surface area (Å²) in [7, 11) is -3.80. The number of carbonyl (C=O) groups is 3. The van der Waals surface area contributed by atoms with E-state index in [-0.39, 0.29) is 36.1 Å². The molecule has 2 amide bonds. The van der Waals surface area contributed by atoms with Crippen molar-refractivity contribution in [3.63, 3.8) is 0 Å².